The van der Waals surface area contributed by atoms with Crippen molar-refractivity contribution < 1.29 is 8.42 Å². The Kier molecular flexibility index (Phi) is 5.75. The van der Waals surface area contributed by atoms with Gasteiger partial charge in [0.1, 0.15) is 0 Å². The SMILES string of the molecule is O=S(=O)(c1ccc(-c2csc(NCc3ccccc3)n2)cc1)N1CCCCC1. The van der Waals surface area contributed by atoms with Gasteiger partial charge in [-0.15, -0.1) is 11.3 Å². The van der Waals surface area contributed by atoms with Crippen LogP contribution in [0.2, 0.25) is 0 Å². The number of rotatable bonds is 6. The predicted octanol–water partition coefficient (Wildman–Crippen LogP) is 4.60. The number of nitrogens with one attached hydrogen (secondary N) is 1. The molecule has 146 valence electrons. The van der Waals surface area contributed by atoms with E-state index in [2.05, 4.69) is 22.4 Å². The number of aromatic nitrogens is 1. The topological polar surface area (TPSA) is 62.3 Å². The highest BCUT2D eigenvalue weighted by molar-refractivity contribution is 7.89. The van der Waals surface area contributed by atoms with Crippen LogP contribution in [0.15, 0.2) is 64.9 Å². The van der Waals surface area contributed by atoms with Crippen LogP contribution in [-0.4, -0.2) is 30.8 Å². The lowest BCUT2D eigenvalue weighted by molar-refractivity contribution is 0.346. The molecule has 1 N–H and O–H groups in total. The summed E-state index contributed by atoms with van der Waals surface area (Å²) in [4.78, 5) is 4.98. The molecule has 0 spiro atoms. The Bertz CT molecular complexity index is 1010. The molecule has 7 heteroatoms. The molecule has 0 radical (unpaired) electrons. The van der Waals surface area contributed by atoms with Crippen molar-refractivity contribution in [2.45, 2.75) is 30.7 Å². The van der Waals surface area contributed by atoms with Crippen LogP contribution >= 0.6 is 11.3 Å². The number of anilines is 1. The largest absolute Gasteiger partial charge is 0.357 e. The standard InChI is InChI=1S/C21H23N3O2S2/c25-28(26,24-13-5-2-6-14-24)19-11-9-18(10-12-19)20-16-27-21(23-20)22-15-17-7-3-1-4-8-17/h1,3-4,7-12,16H,2,5-6,13-15H2,(H,22,23). The number of sulfonamides is 1. The minimum absolute atomic E-state index is 0.357. The first kappa shape index (κ1) is 19.1. The van der Waals surface area contributed by atoms with Crippen molar-refractivity contribution in [2.24, 2.45) is 0 Å². The molecule has 1 aliphatic heterocycles. The third-order valence-electron chi connectivity index (χ3n) is 4.89. The molecular weight excluding hydrogens is 390 g/mol. The maximum Gasteiger partial charge on any atom is 0.243 e. The van der Waals surface area contributed by atoms with E-state index in [0.29, 0.717) is 18.0 Å². The molecule has 0 unspecified atom stereocenters. The minimum atomic E-state index is -3.39. The molecule has 1 saturated heterocycles. The molecule has 0 amide bonds. The summed E-state index contributed by atoms with van der Waals surface area (Å²) < 4.78 is 27.1. The molecule has 0 atom stereocenters. The van der Waals surface area contributed by atoms with Crippen molar-refractivity contribution >= 4 is 26.5 Å². The van der Waals surface area contributed by atoms with Crippen LogP contribution in [0.5, 0.6) is 0 Å². The molecule has 0 bridgehead atoms. The van der Waals surface area contributed by atoms with E-state index in [1.165, 1.54) is 5.56 Å². The van der Waals surface area contributed by atoms with Crippen molar-refractivity contribution in [3.63, 3.8) is 0 Å². The minimum Gasteiger partial charge on any atom is -0.357 e. The van der Waals surface area contributed by atoms with Gasteiger partial charge in [-0.05, 0) is 30.5 Å². The summed E-state index contributed by atoms with van der Waals surface area (Å²) in [6, 6.07) is 17.2. The molecule has 5 nitrogen and oxygen atoms in total. The van der Waals surface area contributed by atoms with E-state index in [4.69, 9.17) is 0 Å². The van der Waals surface area contributed by atoms with Crippen LogP contribution in [0.3, 0.4) is 0 Å². The summed E-state index contributed by atoms with van der Waals surface area (Å²) in [5.41, 5.74) is 2.97. The Morgan fingerprint density at radius 1 is 0.964 bits per heavy atom. The van der Waals surface area contributed by atoms with Gasteiger partial charge >= 0.3 is 0 Å². The molecule has 4 rings (SSSR count). The van der Waals surface area contributed by atoms with Gasteiger partial charge in [0.25, 0.3) is 0 Å². The second-order valence-electron chi connectivity index (χ2n) is 6.87. The maximum atomic E-state index is 12.8. The van der Waals surface area contributed by atoms with E-state index < -0.39 is 10.0 Å². The van der Waals surface area contributed by atoms with Crippen LogP contribution < -0.4 is 5.32 Å². The smallest absolute Gasteiger partial charge is 0.243 e. The van der Waals surface area contributed by atoms with Crippen molar-refractivity contribution in [3.05, 3.63) is 65.5 Å². The van der Waals surface area contributed by atoms with Crippen LogP contribution in [0.4, 0.5) is 5.13 Å². The van der Waals surface area contributed by atoms with Gasteiger partial charge in [0.05, 0.1) is 10.6 Å². The van der Waals surface area contributed by atoms with Gasteiger partial charge in [0.15, 0.2) is 5.13 Å². The number of hydrogen-bond donors (Lipinski definition) is 1. The average molecular weight is 414 g/mol. The summed E-state index contributed by atoms with van der Waals surface area (Å²) in [5, 5.41) is 6.17. The van der Waals surface area contributed by atoms with Crippen molar-refractivity contribution in [3.8, 4) is 11.3 Å². The van der Waals surface area contributed by atoms with E-state index in [-0.39, 0.29) is 0 Å². The van der Waals surface area contributed by atoms with E-state index in [9.17, 15) is 8.42 Å². The lowest BCUT2D eigenvalue weighted by Gasteiger charge is -2.25. The zero-order valence-electron chi connectivity index (χ0n) is 15.5. The fraction of sp³-hybridized carbons (Fsp3) is 0.286. The zero-order valence-corrected chi connectivity index (χ0v) is 17.2. The summed E-state index contributed by atoms with van der Waals surface area (Å²) >= 11 is 1.55. The quantitative estimate of drug-likeness (QED) is 0.642. The van der Waals surface area contributed by atoms with Crippen LogP contribution in [0.1, 0.15) is 24.8 Å². The number of piperidine rings is 1. The van der Waals surface area contributed by atoms with Gasteiger partial charge < -0.3 is 5.32 Å². The molecule has 28 heavy (non-hydrogen) atoms. The Balaban J connectivity index is 1.45. The van der Waals surface area contributed by atoms with Gasteiger partial charge in [0.2, 0.25) is 10.0 Å². The molecule has 1 aliphatic rings. The Labute approximate surface area is 170 Å². The molecule has 1 fully saturated rings. The number of nitrogens with zero attached hydrogens (tertiary/aromatic N) is 2. The van der Waals surface area contributed by atoms with Gasteiger partial charge in [-0.25, -0.2) is 13.4 Å². The fourth-order valence-corrected chi connectivity index (χ4v) is 5.55. The zero-order chi connectivity index (χ0) is 19.4. The molecular formula is C21H23N3O2S2. The van der Waals surface area contributed by atoms with E-state index in [1.54, 1.807) is 27.8 Å². The summed E-state index contributed by atoms with van der Waals surface area (Å²) in [6.07, 6.45) is 2.99. The molecule has 0 saturated carbocycles. The second-order valence-corrected chi connectivity index (χ2v) is 9.66. The average Bonchev–Trinajstić information content (AvgIpc) is 3.23. The summed E-state index contributed by atoms with van der Waals surface area (Å²) in [7, 11) is -3.39. The van der Waals surface area contributed by atoms with E-state index >= 15 is 0 Å². The molecule has 0 aliphatic carbocycles. The number of thiazole rings is 1. The monoisotopic (exact) mass is 413 g/mol. The number of hydrogen-bond acceptors (Lipinski definition) is 5. The third kappa shape index (κ3) is 4.27. The van der Waals surface area contributed by atoms with E-state index in [1.807, 2.05) is 35.7 Å². The third-order valence-corrected chi connectivity index (χ3v) is 7.61. The molecule has 2 aromatic carbocycles. The van der Waals surface area contributed by atoms with Gasteiger partial charge in [0, 0.05) is 30.6 Å². The molecule has 2 heterocycles. The lowest BCUT2D eigenvalue weighted by Crippen LogP contribution is -2.35. The van der Waals surface area contributed by atoms with E-state index in [0.717, 1.165) is 42.2 Å². The number of benzene rings is 2. The lowest BCUT2D eigenvalue weighted by atomic mass is 10.2. The molecule has 1 aromatic heterocycles. The van der Waals surface area contributed by atoms with Crippen LogP contribution in [0.25, 0.3) is 11.3 Å². The maximum absolute atomic E-state index is 12.8. The first-order valence-electron chi connectivity index (χ1n) is 9.47. The van der Waals surface area contributed by atoms with Gasteiger partial charge in [-0.2, -0.15) is 4.31 Å². The van der Waals surface area contributed by atoms with Crippen molar-refractivity contribution in [1.82, 2.24) is 9.29 Å². The fourth-order valence-electron chi connectivity index (χ4n) is 3.31. The van der Waals surface area contributed by atoms with Crippen molar-refractivity contribution in [2.75, 3.05) is 18.4 Å². The highest BCUT2D eigenvalue weighted by Crippen LogP contribution is 2.27. The predicted molar refractivity (Wildman–Crippen MR) is 114 cm³/mol. The normalized spacial score (nSPS) is 15.4. The second kappa shape index (κ2) is 8.43. The summed E-state index contributed by atoms with van der Waals surface area (Å²) in [6.45, 7) is 1.96. The van der Waals surface area contributed by atoms with Crippen LogP contribution in [-0.2, 0) is 16.6 Å². The highest BCUT2D eigenvalue weighted by atomic mass is 32.2. The first-order chi connectivity index (χ1) is 13.6. The Morgan fingerprint density at radius 3 is 2.39 bits per heavy atom. The van der Waals surface area contributed by atoms with Gasteiger partial charge in [-0.1, -0.05) is 48.9 Å². The van der Waals surface area contributed by atoms with Gasteiger partial charge in [-0.3, -0.25) is 0 Å². The first-order valence-corrected chi connectivity index (χ1v) is 11.8. The highest BCUT2D eigenvalue weighted by Gasteiger charge is 2.25. The van der Waals surface area contributed by atoms with Crippen molar-refractivity contribution in [1.29, 1.82) is 0 Å². The molecule has 3 aromatic rings. The Hall–Kier alpha value is -2.22. The van der Waals surface area contributed by atoms with Crippen LogP contribution in [0, 0.1) is 0 Å². The Morgan fingerprint density at radius 2 is 1.68 bits per heavy atom. The summed E-state index contributed by atoms with van der Waals surface area (Å²) in [5.74, 6) is 0.